The van der Waals surface area contributed by atoms with E-state index in [2.05, 4.69) is 24.3 Å². The molecule has 1 rings (SSSR count). The lowest BCUT2D eigenvalue weighted by Gasteiger charge is -2.24. The minimum atomic E-state index is -0.948. The van der Waals surface area contributed by atoms with E-state index in [1.165, 1.54) is 6.08 Å². The molecule has 2 N–H and O–H groups in total. The molecule has 0 aliphatic carbocycles. The first-order valence-corrected chi connectivity index (χ1v) is 10.8. The van der Waals surface area contributed by atoms with Crippen molar-refractivity contribution in [3.63, 3.8) is 0 Å². The molecule has 0 radical (unpaired) electrons. The summed E-state index contributed by atoms with van der Waals surface area (Å²) < 4.78 is 4.89. The molecule has 1 unspecified atom stereocenters. The van der Waals surface area contributed by atoms with Gasteiger partial charge in [0.05, 0.1) is 24.7 Å². The highest BCUT2D eigenvalue weighted by atomic mass is 16.7. The van der Waals surface area contributed by atoms with Crippen molar-refractivity contribution in [3.8, 4) is 0 Å². The van der Waals surface area contributed by atoms with Gasteiger partial charge in [-0.2, -0.15) is 5.48 Å². The van der Waals surface area contributed by atoms with Crippen LogP contribution in [0.2, 0.25) is 0 Å². The van der Waals surface area contributed by atoms with Crippen LogP contribution in [0.5, 0.6) is 0 Å². The summed E-state index contributed by atoms with van der Waals surface area (Å²) >= 11 is 0. The first-order chi connectivity index (χ1) is 14.8. The van der Waals surface area contributed by atoms with Gasteiger partial charge in [0, 0.05) is 0 Å². The van der Waals surface area contributed by atoms with E-state index in [4.69, 9.17) is 9.57 Å². The van der Waals surface area contributed by atoms with Gasteiger partial charge in [-0.25, -0.2) is 4.79 Å². The van der Waals surface area contributed by atoms with E-state index in [1.807, 2.05) is 51.1 Å². The Morgan fingerprint density at radius 2 is 1.81 bits per heavy atom. The zero-order valence-electron chi connectivity index (χ0n) is 19.1. The number of rotatable bonds is 16. The average Bonchev–Trinajstić information content (AvgIpc) is 2.75. The third-order valence-corrected chi connectivity index (χ3v) is 4.76. The maximum absolute atomic E-state index is 12.8. The Balaban J connectivity index is 2.81. The smallest absolute Gasteiger partial charge is 0.376 e. The molecule has 0 heterocycles. The van der Waals surface area contributed by atoms with Crippen molar-refractivity contribution in [2.45, 2.75) is 65.1 Å². The van der Waals surface area contributed by atoms with Gasteiger partial charge in [0.25, 0.3) is 5.78 Å². The average molecular weight is 433 g/mol. The molecule has 0 aliphatic heterocycles. The first-order valence-electron chi connectivity index (χ1n) is 10.8. The summed E-state index contributed by atoms with van der Waals surface area (Å²) in [5.74, 6) is -1.83. The van der Waals surface area contributed by atoms with Crippen LogP contribution in [0.3, 0.4) is 0 Å². The van der Waals surface area contributed by atoms with Gasteiger partial charge in [-0.15, -0.1) is 0 Å². The van der Waals surface area contributed by atoms with Crippen LogP contribution in [0.4, 0.5) is 0 Å². The molecule has 0 fully saturated rings. The van der Waals surface area contributed by atoms with Crippen LogP contribution in [0, 0.1) is 5.92 Å². The fourth-order valence-electron chi connectivity index (χ4n) is 3.02. The molecule has 0 saturated heterocycles. The highest BCUT2D eigenvalue weighted by Crippen LogP contribution is 2.08. The number of hydroxylamine groups is 1. The maximum Gasteiger partial charge on any atom is 0.376 e. The molecule has 3 atom stereocenters. The SMILES string of the molecule is C=CCOC(=O)C(=O)[C@H](Cc1ccccc1)NCC(=O)[C@@H](NOC(C)CCC)C(C)C. The second-order valence-electron chi connectivity index (χ2n) is 7.90. The van der Waals surface area contributed by atoms with Gasteiger partial charge < -0.3 is 4.74 Å². The number of hydrogen-bond donors (Lipinski definition) is 2. The van der Waals surface area contributed by atoms with Gasteiger partial charge in [-0.3, -0.25) is 19.7 Å². The highest BCUT2D eigenvalue weighted by Gasteiger charge is 2.29. The Morgan fingerprint density at radius 3 is 2.39 bits per heavy atom. The molecule has 1 aromatic carbocycles. The van der Waals surface area contributed by atoms with Crippen molar-refractivity contribution < 1.29 is 24.0 Å². The van der Waals surface area contributed by atoms with E-state index >= 15 is 0 Å². The summed E-state index contributed by atoms with van der Waals surface area (Å²) in [6, 6.07) is 7.88. The first kappa shape index (κ1) is 26.7. The van der Waals surface area contributed by atoms with Crippen LogP contribution in [-0.2, 0) is 30.4 Å². The third-order valence-electron chi connectivity index (χ3n) is 4.76. The predicted octanol–water partition coefficient (Wildman–Crippen LogP) is 2.79. The van der Waals surface area contributed by atoms with Crippen molar-refractivity contribution in [2.75, 3.05) is 13.2 Å². The van der Waals surface area contributed by atoms with Gasteiger partial charge in [0.2, 0.25) is 0 Å². The second kappa shape index (κ2) is 14.6. The molecule has 0 amide bonds. The van der Waals surface area contributed by atoms with Crippen LogP contribution in [0.25, 0.3) is 0 Å². The third kappa shape index (κ3) is 10.0. The zero-order chi connectivity index (χ0) is 23.2. The van der Waals surface area contributed by atoms with E-state index in [1.54, 1.807) is 0 Å². The molecular formula is C24H36N2O5. The zero-order valence-corrected chi connectivity index (χ0v) is 19.1. The number of hydrogen-bond acceptors (Lipinski definition) is 7. The lowest BCUT2D eigenvalue weighted by atomic mass is 9.99. The molecule has 1 aromatic rings. The van der Waals surface area contributed by atoms with Crippen LogP contribution < -0.4 is 10.8 Å². The molecule has 0 spiro atoms. The lowest BCUT2D eigenvalue weighted by molar-refractivity contribution is -0.154. The Bertz CT molecular complexity index is 705. The van der Waals surface area contributed by atoms with Gasteiger partial charge in [0.15, 0.2) is 5.78 Å². The van der Waals surface area contributed by atoms with Gasteiger partial charge in [-0.05, 0) is 31.2 Å². The van der Waals surface area contributed by atoms with E-state index in [9.17, 15) is 14.4 Å². The van der Waals surface area contributed by atoms with Gasteiger partial charge in [-0.1, -0.05) is 70.2 Å². The number of ketones is 2. The van der Waals surface area contributed by atoms with E-state index in [0.29, 0.717) is 0 Å². The quantitative estimate of drug-likeness (QED) is 0.180. The van der Waals surface area contributed by atoms with Crippen molar-refractivity contribution in [1.29, 1.82) is 0 Å². The normalized spacial score (nSPS) is 14.0. The maximum atomic E-state index is 12.8. The predicted molar refractivity (Wildman–Crippen MR) is 120 cm³/mol. The van der Waals surface area contributed by atoms with E-state index in [0.717, 1.165) is 18.4 Å². The standard InChI is InChI=1S/C24H36N2O5/c1-6-11-18(5)31-26-22(17(3)4)21(27)16-25-20(15-19-12-9-8-10-13-19)23(28)24(29)30-14-7-2/h7-10,12-13,17-18,20,22,25-26H,2,6,11,14-16H2,1,3-5H3/t18?,20-,22-/m0/s1. The van der Waals surface area contributed by atoms with E-state index < -0.39 is 23.8 Å². The van der Waals surface area contributed by atoms with Crippen LogP contribution >= 0.6 is 0 Å². The number of carbonyl (C=O) groups excluding carboxylic acids is 3. The Morgan fingerprint density at radius 1 is 1.13 bits per heavy atom. The van der Waals surface area contributed by atoms with Crippen molar-refractivity contribution in [2.24, 2.45) is 5.92 Å². The van der Waals surface area contributed by atoms with E-state index in [-0.39, 0.29) is 37.4 Å². The number of Topliss-reactive ketones (excluding diaryl/α,β-unsaturated/α-hetero) is 2. The highest BCUT2D eigenvalue weighted by molar-refractivity contribution is 6.35. The van der Waals surface area contributed by atoms with Gasteiger partial charge >= 0.3 is 5.97 Å². The number of carbonyl (C=O) groups is 3. The summed E-state index contributed by atoms with van der Waals surface area (Å²) in [5, 5.41) is 2.95. The number of nitrogens with one attached hydrogen (secondary N) is 2. The molecule has 0 bridgehead atoms. The lowest BCUT2D eigenvalue weighted by Crippen LogP contribution is -2.50. The van der Waals surface area contributed by atoms with Crippen LogP contribution in [-0.4, -0.2) is 48.9 Å². The number of benzene rings is 1. The molecule has 7 heteroatoms. The van der Waals surface area contributed by atoms with Crippen molar-refractivity contribution >= 4 is 17.5 Å². The number of ether oxygens (including phenoxy) is 1. The summed E-state index contributed by atoms with van der Waals surface area (Å²) in [4.78, 5) is 43.2. The molecule has 7 nitrogen and oxygen atoms in total. The van der Waals surface area contributed by atoms with Crippen molar-refractivity contribution in [3.05, 3.63) is 48.6 Å². The Labute approximate surface area is 185 Å². The summed E-state index contributed by atoms with van der Waals surface area (Å²) in [5.41, 5.74) is 3.75. The van der Waals surface area contributed by atoms with Gasteiger partial charge in [0.1, 0.15) is 6.61 Å². The number of esters is 1. The molecule has 31 heavy (non-hydrogen) atoms. The Hall–Kier alpha value is -2.35. The monoisotopic (exact) mass is 432 g/mol. The largest absolute Gasteiger partial charge is 0.456 e. The minimum absolute atomic E-state index is 0.0102. The molecule has 0 aromatic heterocycles. The molecule has 172 valence electrons. The topological polar surface area (TPSA) is 93.7 Å². The Kier molecular flexibility index (Phi) is 12.6. The van der Waals surface area contributed by atoms with Crippen LogP contribution in [0.15, 0.2) is 43.0 Å². The molecular weight excluding hydrogens is 396 g/mol. The minimum Gasteiger partial charge on any atom is -0.456 e. The van der Waals surface area contributed by atoms with Crippen LogP contribution in [0.1, 0.15) is 46.1 Å². The fourth-order valence-corrected chi connectivity index (χ4v) is 3.02. The fraction of sp³-hybridized carbons (Fsp3) is 0.542. The van der Waals surface area contributed by atoms with Crippen molar-refractivity contribution in [1.82, 2.24) is 10.8 Å². The summed E-state index contributed by atoms with van der Waals surface area (Å²) in [6.07, 6.45) is 3.51. The molecule has 0 saturated carbocycles. The second-order valence-corrected chi connectivity index (χ2v) is 7.90. The molecule has 0 aliphatic rings. The summed E-state index contributed by atoms with van der Waals surface area (Å²) in [6.45, 7) is 11.2. The summed E-state index contributed by atoms with van der Waals surface area (Å²) in [7, 11) is 0.